The molecular weight excluding hydrogens is 252 g/mol. The zero-order valence-corrected chi connectivity index (χ0v) is 9.32. The summed E-state index contributed by atoms with van der Waals surface area (Å²) in [5, 5.41) is 28.5. The van der Waals surface area contributed by atoms with E-state index in [-0.39, 0.29) is 0 Å². The zero-order valence-electron chi connectivity index (χ0n) is 8.56. The lowest BCUT2D eigenvalue weighted by Gasteiger charge is -2.15. The third-order valence-electron chi connectivity index (χ3n) is 2.55. The van der Waals surface area contributed by atoms with E-state index >= 15 is 0 Å². The van der Waals surface area contributed by atoms with Crippen molar-refractivity contribution in [1.29, 1.82) is 0 Å². The number of alkyl halides is 1. The van der Waals surface area contributed by atoms with Crippen molar-refractivity contribution in [3.8, 4) is 5.88 Å². The molecule has 1 aliphatic heterocycles. The minimum absolute atomic E-state index is 0.414. The molecule has 4 unspecified atom stereocenters. The summed E-state index contributed by atoms with van der Waals surface area (Å²) < 4.78 is 6.24. The molecule has 1 aliphatic rings. The van der Waals surface area contributed by atoms with Gasteiger partial charge in [0.15, 0.2) is 6.23 Å². The van der Waals surface area contributed by atoms with E-state index in [4.69, 9.17) is 21.4 Å². The largest absolute Gasteiger partial charge is 0.394 e. The van der Waals surface area contributed by atoms with Crippen LogP contribution >= 0.6 is 11.6 Å². The van der Waals surface area contributed by atoms with Crippen molar-refractivity contribution < 1.29 is 20.1 Å². The maximum absolute atomic E-state index is 11.4. The van der Waals surface area contributed by atoms with Gasteiger partial charge < -0.3 is 14.9 Å². The zero-order chi connectivity index (χ0) is 12.6. The number of nitrogens with zero attached hydrogens (tertiary/aromatic N) is 2. The Balaban J connectivity index is 2.32. The van der Waals surface area contributed by atoms with E-state index in [0.29, 0.717) is 0 Å². The predicted molar refractivity (Wildman–Crippen MR) is 55.3 cm³/mol. The lowest BCUT2D eigenvalue weighted by atomic mass is 10.2. The van der Waals surface area contributed by atoms with Crippen molar-refractivity contribution in [1.82, 2.24) is 9.55 Å². The molecule has 0 aliphatic carbocycles. The van der Waals surface area contributed by atoms with Gasteiger partial charge in [-0.3, -0.25) is 9.67 Å². The molecule has 2 rings (SSSR count). The Morgan fingerprint density at radius 3 is 2.82 bits per heavy atom. The number of aliphatic hydroxyl groups is 2. The van der Waals surface area contributed by atoms with E-state index in [0.717, 1.165) is 10.6 Å². The Kier molecular flexibility index (Phi) is 3.34. The van der Waals surface area contributed by atoms with Gasteiger partial charge in [0.25, 0.3) is 5.88 Å². The van der Waals surface area contributed by atoms with Crippen LogP contribution < -0.4 is 5.69 Å². The summed E-state index contributed by atoms with van der Waals surface area (Å²) in [6.45, 7) is -0.414. The normalized spacial score (nSPS) is 32.9. The Morgan fingerprint density at radius 1 is 1.59 bits per heavy atom. The molecule has 4 atom stereocenters. The molecule has 0 spiro atoms. The van der Waals surface area contributed by atoms with Crippen LogP contribution in [-0.4, -0.2) is 44.0 Å². The van der Waals surface area contributed by atoms with E-state index in [9.17, 15) is 15.0 Å². The van der Waals surface area contributed by atoms with E-state index in [2.05, 4.69) is 4.98 Å². The predicted octanol–water partition coefficient (Wildman–Crippen LogP) is -0.755. The van der Waals surface area contributed by atoms with Gasteiger partial charge in [-0.2, -0.15) is 4.98 Å². The van der Waals surface area contributed by atoms with Gasteiger partial charge in [0.1, 0.15) is 17.6 Å². The summed E-state index contributed by atoms with van der Waals surface area (Å²) in [5.41, 5.74) is -0.807. The van der Waals surface area contributed by atoms with Crippen LogP contribution in [0.4, 0.5) is 0 Å². The first kappa shape index (κ1) is 12.3. The number of halogens is 1. The molecule has 1 saturated heterocycles. The fourth-order valence-electron chi connectivity index (χ4n) is 1.67. The topological polar surface area (TPSA) is 104 Å². The molecular formula is C9H10ClN2O5. The highest BCUT2D eigenvalue weighted by Crippen LogP contribution is 2.32. The van der Waals surface area contributed by atoms with Gasteiger partial charge in [0, 0.05) is 12.3 Å². The molecule has 7 nitrogen and oxygen atoms in total. The Labute approximate surface area is 101 Å². The van der Waals surface area contributed by atoms with Crippen LogP contribution in [0.3, 0.4) is 0 Å². The summed E-state index contributed by atoms with van der Waals surface area (Å²) >= 11 is 5.90. The van der Waals surface area contributed by atoms with E-state index in [1.54, 1.807) is 0 Å². The maximum atomic E-state index is 11.4. The number of rotatable bonds is 2. The standard InChI is InChI=1S/C9H10ClN2O5/c10-6-7(15)4(3-13)17-8(6)12-2-1-5(14)11-9(12)16/h1-2,4,6-8,13,15H,3H2. The second-order valence-electron chi connectivity index (χ2n) is 3.64. The number of aromatic nitrogens is 2. The second-order valence-corrected chi connectivity index (χ2v) is 4.14. The molecule has 2 N–H and O–H groups in total. The van der Waals surface area contributed by atoms with Gasteiger partial charge in [-0.25, -0.2) is 4.79 Å². The van der Waals surface area contributed by atoms with Crippen molar-refractivity contribution in [3.63, 3.8) is 0 Å². The fourth-order valence-corrected chi connectivity index (χ4v) is 2.01. The van der Waals surface area contributed by atoms with Crippen molar-refractivity contribution >= 4 is 11.6 Å². The maximum Gasteiger partial charge on any atom is 0.353 e. The Hall–Kier alpha value is -1.15. The summed E-state index contributed by atoms with van der Waals surface area (Å²) in [5.74, 6) is -0.658. The fraction of sp³-hybridized carbons (Fsp3) is 0.556. The van der Waals surface area contributed by atoms with Crippen molar-refractivity contribution in [2.24, 2.45) is 0 Å². The average molecular weight is 262 g/mol. The van der Waals surface area contributed by atoms with Gasteiger partial charge in [0.05, 0.1) is 6.61 Å². The van der Waals surface area contributed by atoms with Crippen molar-refractivity contribution in [3.05, 3.63) is 22.7 Å². The minimum atomic E-state index is -1.09. The first-order chi connectivity index (χ1) is 8.04. The van der Waals surface area contributed by atoms with Crippen LogP contribution in [-0.2, 0) is 9.84 Å². The SMILES string of the molecule is [O]c1ccn(C2OC(CO)C(O)C2Cl)c(=O)n1. The average Bonchev–Trinajstić information content (AvgIpc) is 2.57. The van der Waals surface area contributed by atoms with Gasteiger partial charge >= 0.3 is 5.69 Å². The molecule has 0 amide bonds. The highest BCUT2D eigenvalue weighted by atomic mass is 35.5. The van der Waals surface area contributed by atoms with E-state index in [1.807, 2.05) is 0 Å². The third kappa shape index (κ3) is 2.14. The third-order valence-corrected chi connectivity index (χ3v) is 3.03. The lowest BCUT2D eigenvalue weighted by Crippen LogP contribution is -2.32. The number of aliphatic hydroxyl groups excluding tert-OH is 2. The van der Waals surface area contributed by atoms with Gasteiger partial charge in [-0.1, -0.05) is 0 Å². The summed E-state index contributed by atoms with van der Waals surface area (Å²) in [6, 6.07) is 1.09. The Morgan fingerprint density at radius 2 is 2.29 bits per heavy atom. The molecule has 0 aromatic carbocycles. The molecule has 93 valence electrons. The molecule has 8 heteroatoms. The summed E-state index contributed by atoms with van der Waals surface area (Å²) in [6.07, 6.45) is -1.71. The molecule has 17 heavy (non-hydrogen) atoms. The van der Waals surface area contributed by atoms with Crippen LogP contribution in [0.1, 0.15) is 6.23 Å². The number of ether oxygens (including phenoxy) is 1. The second kappa shape index (κ2) is 4.61. The summed E-state index contributed by atoms with van der Waals surface area (Å²) in [7, 11) is 0. The van der Waals surface area contributed by atoms with Crippen LogP contribution in [0.15, 0.2) is 17.1 Å². The number of hydrogen-bond acceptors (Lipinski definition) is 5. The highest BCUT2D eigenvalue weighted by molar-refractivity contribution is 6.21. The molecule has 1 aromatic rings. The summed E-state index contributed by atoms with van der Waals surface area (Å²) in [4.78, 5) is 14.6. The Bertz CT molecular complexity index is 465. The number of hydrogen-bond donors (Lipinski definition) is 2. The van der Waals surface area contributed by atoms with E-state index in [1.165, 1.54) is 6.20 Å². The van der Waals surface area contributed by atoms with Gasteiger partial charge in [-0.05, 0) is 0 Å². The molecule has 1 fully saturated rings. The van der Waals surface area contributed by atoms with E-state index < -0.39 is 42.0 Å². The molecule has 0 bridgehead atoms. The smallest absolute Gasteiger partial charge is 0.353 e. The quantitative estimate of drug-likeness (QED) is 0.681. The first-order valence-electron chi connectivity index (χ1n) is 4.89. The minimum Gasteiger partial charge on any atom is -0.394 e. The van der Waals surface area contributed by atoms with Crippen LogP contribution in [0.25, 0.3) is 0 Å². The lowest BCUT2D eigenvalue weighted by molar-refractivity contribution is -0.0458. The molecule has 1 aromatic heterocycles. The highest BCUT2D eigenvalue weighted by Gasteiger charge is 2.43. The molecule has 0 saturated carbocycles. The monoisotopic (exact) mass is 261 g/mol. The van der Waals surface area contributed by atoms with Gasteiger partial charge in [0.2, 0.25) is 0 Å². The van der Waals surface area contributed by atoms with Crippen LogP contribution in [0.2, 0.25) is 0 Å². The molecule has 1 radical (unpaired) electrons. The van der Waals surface area contributed by atoms with Crippen LogP contribution in [0.5, 0.6) is 5.88 Å². The van der Waals surface area contributed by atoms with Crippen molar-refractivity contribution in [2.45, 2.75) is 23.8 Å². The molecule has 2 heterocycles. The van der Waals surface area contributed by atoms with Crippen molar-refractivity contribution in [2.75, 3.05) is 6.61 Å². The van der Waals surface area contributed by atoms with Gasteiger partial charge in [-0.15, -0.1) is 11.6 Å². The first-order valence-corrected chi connectivity index (χ1v) is 5.33. The van der Waals surface area contributed by atoms with Crippen LogP contribution in [0, 0.1) is 0 Å².